The monoisotopic (exact) mass is 521 g/mol. The number of nitrogens with one attached hydrogen (secondary N) is 1. The van der Waals surface area contributed by atoms with Crippen LogP contribution in [0.15, 0.2) is 35.3 Å². The smallest absolute Gasteiger partial charge is 0.356 e. The van der Waals surface area contributed by atoms with Crippen molar-refractivity contribution in [2.45, 2.75) is 46.1 Å². The number of hydrogen-bond acceptors (Lipinski definition) is 6. The molecule has 1 aliphatic heterocycles. The lowest BCUT2D eigenvalue weighted by atomic mass is 10.00. The van der Waals surface area contributed by atoms with E-state index in [0.717, 1.165) is 29.5 Å². The summed E-state index contributed by atoms with van der Waals surface area (Å²) in [7, 11) is 0. The Bertz CT molecular complexity index is 1530. The van der Waals surface area contributed by atoms with Gasteiger partial charge in [-0.1, -0.05) is 17.7 Å². The molecule has 0 radical (unpaired) electrons. The lowest BCUT2D eigenvalue weighted by Gasteiger charge is -2.27. The maximum absolute atomic E-state index is 13.4. The summed E-state index contributed by atoms with van der Waals surface area (Å²) >= 11 is 5.90. The van der Waals surface area contributed by atoms with Crippen molar-refractivity contribution >= 4 is 40.4 Å². The van der Waals surface area contributed by atoms with Crippen molar-refractivity contribution in [2.75, 3.05) is 18.4 Å². The van der Waals surface area contributed by atoms with Gasteiger partial charge in [0.25, 0.3) is 5.56 Å². The van der Waals surface area contributed by atoms with E-state index in [1.54, 1.807) is 23.6 Å². The number of hydrogen-bond donors (Lipinski definition) is 2. The first-order valence-corrected chi connectivity index (χ1v) is 12.7. The molecule has 2 aliphatic rings. The Hall–Kier alpha value is -3.72. The van der Waals surface area contributed by atoms with Crippen LogP contribution in [0.25, 0.3) is 11.2 Å². The average molecular weight is 522 g/mol. The Morgan fingerprint density at radius 2 is 1.97 bits per heavy atom. The number of carbonyl (C=O) groups is 2. The first kappa shape index (κ1) is 25.0. The van der Waals surface area contributed by atoms with Gasteiger partial charge in [-0.25, -0.2) is 14.8 Å². The van der Waals surface area contributed by atoms with Crippen LogP contribution >= 0.6 is 11.6 Å². The fraction of sp³-hybridized carbons (Fsp3) is 0.370. The minimum Gasteiger partial charge on any atom is -0.476 e. The largest absolute Gasteiger partial charge is 0.476 e. The number of carboxylic acid groups (broad SMARTS) is 1. The SMILES string of the molecule is Cc1cc([C@@H](C)Nc2ccc(Cl)nc2C(=O)O)c2nc(C3=CCN(C(=O)C4CC4)CC3)c(C)c(=O)n2c1. The molecule has 9 nitrogen and oxygen atoms in total. The van der Waals surface area contributed by atoms with E-state index in [1.807, 2.05) is 30.9 Å². The quantitative estimate of drug-likeness (QED) is 0.465. The number of nitrogens with zero attached hydrogens (tertiary/aromatic N) is 4. The Morgan fingerprint density at radius 1 is 1.22 bits per heavy atom. The molecular weight excluding hydrogens is 494 g/mol. The van der Waals surface area contributed by atoms with Gasteiger partial charge < -0.3 is 15.3 Å². The molecule has 3 aromatic heterocycles. The normalized spacial score (nSPS) is 16.4. The highest BCUT2D eigenvalue weighted by Crippen LogP contribution is 2.33. The molecule has 0 unspecified atom stereocenters. The van der Waals surface area contributed by atoms with Gasteiger partial charge in [0.1, 0.15) is 10.8 Å². The summed E-state index contributed by atoms with van der Waals surface area (Å²) in [5.74, 6) is -0.803. The number of aromatic carboxylic acids is 1. The second-order valence-corrected chi connectivity index (χ2v) is 10.2. The maximum Gasteiger partial charge on any atom is 0.356 e. The van der Waals surface area contributed by atoms with E-state index in [9.17, 15) is 19.5 Å². The van der Waals surface area contributed by atoms with Crippen LogP contribution < -0.4 is 10.9 Å². The number of pyridine rings is 2. The molecule has 3 aromatic rings. The van der Waals surface area contributed by atoms with Crippen molar-refractivity contribution < 1.29 is 14.7 Å². The van der Waals surface area contributed by atoms with Gasteiger partial charge in [0.15, 0.2) is 5.69 Å². The van der Waals surface area contributed by atoms with Gasteiger partial charge in [0.05, 0.1) is 17.4 Å². The zero-order valence-corrected chi connectivity index (χ0v) is 21.7. The molecule has 192 valence electrons. The van der Waals surface area contributed by atoms with Crippen molar-refractivity contribution in [1.29, 1.82) is 0 Å². The maximum atomic E-state index is 13.4. The summed E-state index contributed by atoms with van der Waals surface area (Å²) in [5.41, 5.74) is 4.22. The third-order valence-corrected chi connectivity index (χ3v) is 7.18. The second-order valence-electron chi connectivity index (χ2n) is 9.80. The Morgan fingerprint density at radius 3 is 2.62 bits per heavy atom. The number of anilines is 1. The topological polar surface area (TPSA) is 117 Å². The van der Waals surface area contributed by atoms with E-state index < -0.39 is 12.0 Å². The number of halogens is 1. The Labute approximate surface area is 218 Å². The van der Waals surface area contributed by atoms with Crippen molar-refractivity contribution in [2.24, 2.45) is 5.92 Å². The van der Waals surface area contributed by atoms with Crippen LogP contribution in [0.3, 0.4) is 0 Å². The van der Waals surface area contributed by atoms with E-state index in [4.69, 9.17) is 16.6 Å². The zero-order valence-electron chi connectivity index (χ0n) is 20.9. The second kappa shape index (κ2) is 9.63. The molecule has 10 heteroatoms. The van der Waals surface area contributed by atoms with Crippen LogP contribution in [0.4, 0.5) is 5.69 Å². The summed E-state index contributed by atoms with van der Waals surface area (Å²) < 4.78 is 1.55. The number of amides is 1. The highest BCUT2D eigenvalue weighted by atomic mass is 35.5. The molecule has 2 N–H and O–H groups in total. The van der Waals surface area contributed by atoms with Crippen molar-refractivity contribution in [3.8, 4) is 0 Å². The lowest BCUT2D eigenvalue weighted by molar-refractivity contribution is -0.132. The van der Waals surface area contributed by atoms with Gasteiger partial charge in [-0.15, -0.1) is 0 Å². The minimum atomic E-state index is -1.20. The van der Waals surface area contributed by atoms with Gasteiger partial charge >= 0.3 is 5.97 Å². The lowest BCUT2D eigenvalue weighted by Crippen LogP contribution is -2.36. The van der Waals surface area contributed by atoms with E-state index in [2.05, 4.69) is 10.3 Å². The number of fused-ring (bicyclic) bond motifs is 1. The fourth-order valence-electron chi connectivity index (χ4n) is 4.83. The van der Waals surface area contributed by atoms with Crippen molar-refractivity contribution in [1.82, 2.24) is 19.3 Å². The van der Waals surface area contributed by atoms with E-state index >= 15 is 0 Å². The Kier molecular flexibility index (Phi) is 6.49. The standard InChI is InChI=1S/C27H28ClN5O4/c1-14-12-19(16(3)29-20-6-7-21(28)30-23(20)27(36)37)24-31-22(15(2)25(34)33(24)13-14)17-8-10-32(11-9-17)26(35)18-4-5-18/h6-8,12-13,16,18,29H,4-5,9-11H2,1-3H3,(H,36,37)/t16-/m1/s1. The van der Waals surface area contributed by atoms with Crippen LogP contribution in [0.2, 0.25) is 5.15 Å². The van der Waals surface area contributed by atoms with Gasteiger partial charge in [-0.3, -0.25) is 14.0 Å². The first-order chi connectivity index (χ1) is 17.6. The van der Waals surface area contributed by atoms with Crippen LogP contribution in [-0.2, 0) is 4.79 Å². The van der Waals surface area contributed by atoms with Crippen molar-refractivity contribution in [3.63, 3.8) is 0 Å². The summed E-state index contributed by atoms with van der Waals surface area (Å²) in [5, 5.41) is 12.9. The number of aryl methyl sites for hydroxylation is 1. The third kappa shape index (κ3) is 4.83. The van der Waals surface area contributed by atoms with Crippen LogP contribution in [0.1, 0.15) is 65.1 Å². The number of carbonyl (C=O) groups excluding carboxylic acids is 1. The molecule has 4 heterocycles. The van der Waals surface area contributed by atoms with Gasteiger partial charge in [0.2, 0.25) is 5.91 Å². The zero-order chi connectivity index (χ0) is 26.4. The number of rotatable bonds is 6. The van der Waals surface area contributed by atoms with Gasteiger partial charge in [-0.2, -0.15) is 0 Å². The molecule has 0 bridgehead atoms. The molecular formula is C27H28ClN5O4. The predicted molar refractivity (Wildman–Crippen MR) is 141 cm³/mol. The summed E-state index contributed by atoms with van der Waals surface area (Å²) in [6.07, 6.45) is 6.35. The summed E-state index contributed by atoms with van der Waals surface area (Å²) in [6, 6.07) is 4.64. The molecule has 1 atom stereocenters. The fourth-order valence-corrected chi connectivity index (χ4v) is 4.97. The molecule has 1 amide bonds. The van der Waals surface area contributed by atoms with Gasteiger partial charge in [0, 0.05) is 36.3 Å². The van der Waals surface area contributed by atoms with E-state index in [-0.39, 0.29) is 28.2 Å². The molecule has 37 heavy (non-hydrogen) atoms. The molecule has 0 aromatic carbocycles. The van der Waals surface area contributed by atoms with Crippen LogP contribution in [0, 0.1) is 19.8 Å². The first-order valence-electron chi connectivity index (χ1n) is 12.3. The van der Waals surface area contributed by atoms with E-state index in [0.29, 0.717) is 42.1 Å². The molecule has 5 rings (SSSR count). The predicted octanol–water partition coefficient (Wildman–Crippen LogP) is 4.26. The highest BCUT2D eigenvalue weighted by molar-refractivity contribution is 6.29. The molecule has 1 fully saturated rings. The minimum absolute atomic E-state index is 0.0862. The molecule has 0 saturated heterocycles. The molecule has 1 aliphatic carbocycles. The number of aromatic nitrogens is 3. The molecule has 1 saturated carbocycles. The van der Waals surface area contributed by atoms with Crippen molar-refractivity contribution in [3.05, 3.63) is 74.1 Å². The average Bonchev–Trinajstić information content (AvgIpc) is 3.72. The highest BCUT2D eigenvalue weighted by Gasteiger charge is 2.34. The van der Waals surface area contributed by atoms with Crippen LogP contribution in [-0.4, -0.2) is 49.3 Å². The number of carboxylic acids is 1. The summed E-state index contributed by atoms with van der Waals surface area (Å²) in [4.78, 5) is 48.4. The Balaban J connectivity index is 1.54. The summed E-state index contributed by atoms with van der Waals surface area (Å²) in [6.45, 7) is 6.68. The molecule has 0 spiro atoms. The van der Waals surface area contributed by atoms with Crippen LogP contribution in [0.5, 0.6) is 0 Å². The van der Waals surface area contributed by atoms with Gasteiger partial charge in [-0.05, 0) is 69.4 Å². The van der Waals surface area contributed by atoms with E-state index in [1.165, 1.54) is 6.07 Å². The third-order valence-electron chi connectivity index (χ3n) is 6.97.